The lowest BCUT2D eigenvalue weighted by atomic mass is 9.85. The highest BCUT2D eigenvalue weighted by Crippen LogP contribution is 2.43. The molecule has 110 valence electrons. The standard InChI is InChI=1S/C11H18F3N3O2/c1-3-17(2)8(18)6-16-9(19)10(11(12,13)14)4-5-15-7-10/h15H,3-7H2,1-2H3,(H,16,19). The van der Waals surface area contributed by atoms with E-state index in [0.717, 1.165) is 0 Å². The first-order valence-electron chi connectivity index (χ1n) is 6.04. The van der Waals surface area contributed by atoms with Crippen molar-refractivity contribution >= 4 is 11.8 Å². The minimum atomic E-state index is -4.62. The second kappa shape index (κ2) is 5.77. The molecule has 0 aromatic carbocycles. The summed E-state index contributed by atoms with van der Waals surface area (Å²) in [5.41, 5.74) is -2.42. The van der Waals surface area contributed by atoms with Gasteiger partial charge in [0, 0.05) is 20.1 Å². The molecule has 0 aromatic rings. The average molecular weight is 281 g/mol. The molecular formula is C11H18F3N3O2. The van der Waals surface area contributed by atoms with E-state index in [9.17, 15) is 22.8 Å². The number of hydrogen-bond donors (Lipinski definition) is 2. The SMILES string of the molecule is CCN(C)C(=O)CNC(=O)C1(C(F)(F)F)CCNC1. The summed E-state index contributed by atoms with van der Waals surface area (Å²) >= 11 is 0. The van der Waals surface area contributed by atoms with Gasteiger partial charge in [0.15, 0.2) is 5.41 Å². The first-order valence-corrected chi connectivity index (χ1v) is 6.04. The lowest BCUT2D eigenvalue weighted by molar-refractivity contribution is -0.216. The van der Waals surface area contributed by atoms with Crippen LogP contribution in [0.25, 0.3) is 0 Å². The highest BCUT2D eigenvalue weighted by molar-refractivity contribution is 5.88. The van der Waals surface area contributed by atoms with E-state index in [2.05, 4.69) is 10.6 Å². The van der Waals surface area contributed by atoms with Gasteiger partial charge in [-0.05, 0) is 19.9 Å². The van der Waals surface area contributed by atoms with Crippen LogP contribution in [0.2, 0.25) is 0 Å². The van der Waals surface area contributed by atoms with Gasteiger partial charge in [-0.2, -0.15) is 13.2 Å². The van der Waals surface area contributed by atoms with Crippen LogP contribution >= 0.6 is 0 Å². The maximum atomic E-state index is 13.0. The summed E-state index contributed by atoms with van der Waals surface area (Å²) in [4.78, 5) is 24.6. The van der Waals surface area contributed by atoms with E-state index >= 15 is 0 Å². The van der Waals surface area contributed by atoms with Crippen LogP contribution in [0.5, 0.6) is 0 Å². The molecule has 0 aromatic heterocycles. The Kier molecular flexibility index (Phi) is 4.78. The van der Waals surface area contributed by atoms with E-state index in [1.165, 1.54) is 11.9 Å². The fourth-order valence-electron chi connectivity index (χ4n) is 1.89. The number of nitrogens with zero attached hydrogens (tertiary/aromatic N) is 1. The van der Waals surface area contributed by atoms with Gasteiger partial charge in [0.05, 0.1) is 6.54 Å². The Hall–Kier alpha value is -1.31. The first-order chi connectivity index (χ1) is 8.74. The molecule has 1 heterocycles. The maximum absolute atomic E-state index is 13.0. The van der Waals surface area contributed by atoms with E-state index in [-0.39, 0.29) is 13.0 Å². The Bertz CT molecular complexity index is 352. The number of halogens is 3. The summed E-state index contributed by atoms with van der Waals surface area (Å²) in [7, 11) is 1.52. The molecule has 0 spiro atoms. The summed E-state index contributed by atoms with van der Waals surface area (Å²) in [6.45, 7) is 1.44. The smallest absolute Gasteiger partial charge is 0.346 e. The fourth-order valence-corrected chi connectivity index (χ4v) is 1.89. The Morgan fingerprint density at radius 1 is 1.42 bits per heavy atom. The number of alkyl halides is 3. The van der Waals surface area contributed by atoms with Gasteiger partial charge in [0.2, 0.25) is 11.8 Å². The largest absolute Gasteiger partial charge is 0.404 e. The number of amides is 2. The number of rotatable bonds is 4. The molecule has 8 heteroatoms. The molecule has 19 heavy (non-hydrogen) atoms. The summed E-state index contributed by atoms with van der Waals surface area (Å²) < 4.78 is 39.1. The van der Waals surface area contributed by atoms with Crippen LogP contribution in [-0.2, 0) is 9.59 Å². The van der Waals surface area contributed by atoms with E-state index in [1.807, 2.05) is 0 Å². The third-order valence-corrected chi connectivity index (χ3v) is 3.43. The molecule has 5 nitrogen and oxygen atoms in total. The summed E-state index contributed by atoms with van der Waals surface area (Å²) in [6, 6.07) is 0. The molecule has 2 amide bonds. The van der Waals surface area contributed by atoms with Crippen molar-refractivity contribution in [1.82, 2.24) is 15.5 Å². The van der Waals surface area contributed by atoms with Gasteiger partial charge >= 0.3 is 6.18 Å². The predicted octanol–water partition coefficient (Wildman–Crippen LogP) is 0.123. The van der Waals surface area contributed by atoms with E-state index in [4.69, 9.17) is 0 Å². The average Bonchev–Trinajstić information content (AvgIpc) is 2.84. The lowest BCUT2D eigenvalue weighted by Crippen LogP contribution is -2.53. The van der Waals surface area contributed by atoms with Crippen LogP contribution in [-0.4, -0.2) is 56.1 Å². The van der Waals surface area contributed by atoms with E-state index in [0.29, 0.717) is 6.54 Å². The van der Waals surface area contributed by atoms with Crippen LogP contribution in [0.3, 0.4) is 0 Å². The van der Waals surface area contributed by atoms with Gasteiger partial charge in [0.1, 0.15) is 0 Å². The normalized spacial score (nSPS) is 23.2. The molecule has 0 aliphatic carbocycles. The third kappa shape index (κ3) is 3.17. The van der Waals surface area contributed by atoms with Gasteiger partial charge in [-0.1, -0.05) is 0 Å². The minimum Gasteiger partial charge on any atom is -0.346 e. The van der Waals surface area contributed by atoms with Crippen LogP contribution in [0.15, 0.2) is 0 Å². The van der Waals surface area contributed by atoms with Crippen molar-refractivity contribution in [3.8, 4) is 0 Å². The molecular weight excluding hydrogens is 263 g/mol. The highest BCUT2D eigenvalue weighted by atomic mass is 19.4. The summed E-state index contributed by atoms with van der Waals surface area (Å²) in [5, 5.41) is 4.64. The van der Waals surface area contributed by atoms with Gasteiger partial charge in [-0.25, -0.2) is 0 Å². The zero-order valence-electron chi connectivity index (χ0n) is 10.9. The Labute approximate surface area is 109 Å². The van der Waals surface area contributed by atoms with Crippen LogP contribution in [0, 0.1) is 5.41 Å². The second-order valence-corrected chi connectivity index (χ2v) is 4.60. The van der Waals surface area contributed by atoms with Crippen molar-refractivity contribution < 1.29 is 22.8 Å². The number of carbonyl (C=O) groups excluding carboxylic acids is 2. The molecule has 0 saturated carbocycles. The van der Waals surface area contributed by atoms with Gasteiger partial charge in [-0.15, -0.1) is 0 Å². The highest BCUT2D eigenvalue weighted by Gasteiger charge is 2.61. The van der Waals surface area contributed by atoms with Crippen LogP contribution < -0.4 is 10.6 Å². The number of carbonyl (C=O) groups is 2. The zero-order valence-corrected chi connectivity index (χ0v) is 10.9. The molecule has 1 fully saturated rings. The molecule has 2 N–H and O–H groups in total. The van der Waals surface area contributed by atoms with Crippen molar-refractivity contribution in [3.05, 3.63) is 0 Å². The maximum Gasteiger partial charge on any atom is 0.404 e. The quantitative estimate of drug-likeness (QED) is 0.769. The number of likely N-dealkylation sites (N-methyl/N-ethyl adjacent to an activating group) is 1. The van der Waals surface area contributed by atoms with E-state index in [1.54, 1.807) is 6.92 Å². The van der Waals surface area contributed by atoms with Crippen LogP contribution in [0.4, 0.5) is 13.2 Å². The zero-order chi connectivity index (χ0) is 14.7. The Balaban J connectivity index is 2.68. The van der Waals surface area contributed by atoms with Crippen molar-refractivity contribution in [2.24, 2.45) is 5.41 Å². The number of nitrogens with one attached hydrogen (secondary N) is 2. The summed E-state index contributed by atoms with van der Waals surface area (Å²) in [5.74, 6) is -1.55. The fraction of sp³-hybridized carbons (Fsp3) is 0.818. The molecule has 1 atom stereocenters. The molecule has 1 aliphatic rings. The Morgan fingerprint density at radius 3 is 2.47 bits per heavy atom. The molecule has 1 saturated heterocycles. The summed E-state index contributed by atoms with van der Waals surface area (Å²) in [6.07, 6.45) is -4.93. The minimum absolute atomic E-state index is 0.135. The van der Waals surface area contributed by atoms with Crippen molar-refractivity contribution in [3.63, 3.8) is 0 Å². The van der Waals surface area contributed by atoms with Crippen LogP contribution in [0.1, 0.15) is 13.3 Å². The molecule has 1 unspecified atom stereocenters. The van der Waals surface area contributed by atoms with Crippen molar-refractivity contribution in [2.45, 2.75) is 19.5 Å². The molecule has 0 radical (unpaired) electrons. The molecule has 1 rings (SSSR count). The molecule has 0 bridgehead atoms. The molecule has 1 aliphatic heterocycles. The first kappa shape index (κ1) is 15.7. The second-order valence-electron chi connectivity index (χ2n) is 4.60. The van der Waals surface area contributed by atoms with Crippen molar-refractivity contribution in [1.29, 1.82) is 0 Å². The third-order valence-electron chi connectivity index (χ3n) is 3.43. The lowest BCUT2D eigenvalue weighted by Gasteiger charge is -2.29. The van der Waals surface area contributed by atoms with Gasteiger partial charge < -0.3 is 15.5 Å². The Morgan fingerprint density at radius 2 is 2.05 bits per heavy atom. The number of hydrogen-bond acceptors (Lipinski definition) is 3. The topological polar surface area (TPSA) is 61.4 Å². The predicted molar refractivity (Wildman–Crippen MR) is 62.3 cm³/mol. The van der Waals surface area contributed by atoms with Gasteiger partial charge in [-0.3, -0.25) is 9.59 Å². The van der Waals surface area contributed by atoms with E-state index < -0.39 is 36.5 Å². The monoisotopic (exact) mass is 281 g/mol. The van der Waals surface area contributed by atoms with Crippen molar-refractivity contribution in [2.75, 3.05) is 33.2 Å². The van der Waals surface area contributed by atoms with Gasteiger partial charge in [0.25, 0.3) is 0 Å².